The quantitative estimate of drug-likeness (QED) is 0.588. The van der Waals surface area contributed by atoms with E-state index in [1.54, 1.807) is 0 Å². The largest absolute Gasteiger partial charge is 0.298 e. The molecule has 1 nitrogen and oxygen atoms in total. The van der Waals surface area contributed by atoms with Crippen LogP contribution in [0.15, 0.2) is 72.8 Å². The maximum Gasteiger partial charge on any atom is 0.0406 e. The van der Waals surface area contributed by atoms with E-state index in [-0.39, 0.29) is 0 Å². The topological polar surface area (TPSA) is 3.24 Å². The highest BCUT2D eigenvalue weighted by molar-refractivity contribution is 6.30. The van der Waals surface area contributed by atoms with Gasteiger partial charge >= 0.3 is 0 Å². The lowest BCUT2D eigenvalue weighted by Crippen LogP contribution is -2.17. The van der Waals surface area contributed by atoms with E-state index in [0.717, 1.165) is 18.1 Å². The summed E-state index contributed by atoms with van der Waals surface area (Å²) in [5.74, 6) is 0. The molecule has 3 aromatic rings. The molecule has 0 amide bonds. The predicted molar refractivity (Wildman–Crippen MR) is 101 cm³/mol. The van der Waals surface area contributed by atoms with Crippen molar-refractivity contribution < 1.29 is 0 Å². The van der Waals surface area contributed by atoms with Crippen molar-refractivity contribution in [2.75, 3.05) is 13.6 Å². The van der Waals surface area contributed by atoms with Crippen LogP contribution < -0.4 is 0 Å². The molecule has 0 heterocycles. The lowest BCUT2D eigenvalue weighted by atomic mass is 10.0. The van der Waals surface area contributed by atoms with Crippen LogP contribution in [0.2, 0.25) is 5.02 Å². The monoisotopic (exact) mass is 321 g/mol. The number of hydrogen-bond acceptors (Lipinski definition) is 1. The standard InChI is InChI=1S/C21H20ClN/c1-23(15-5-6-17-11-13-20(22)14-12-17)16-19-9-4-8-18-7-2-3-10-21(18)19/h2-14H,15-16H2,1H3/b6-5+. The van der Waals surface area contributed by atoms with Crippen molar-refractivity contribution in [2.24, 2.45) is 0 Å². The fraction of sp³-hybridized carbons (Fsp3) is 0.143. The van der Waals surface area contributed by atoms with Gasteiger partial charge in [-0.2, -0.15) is 0 Å². The van der Waals surface area contributed by atoms with Gasteiger partial charge in [0.2, 0.25) is 0 Å². The van der Waals surface area contributed by atoms with Crippen LogP contribution in [0.4, 0.5) is 0 Å². The summed E-state index contributed by atoms with van der Waals surface area (Å²) in [6.45, 7) is 1.85. The molecular formula is C21H20ClN. The minimum atomic E-state index is 0.773. The third-order valence-electron chi connectivity index (χ3n) is 3.92. The summed E-state index contributed by atoms with van der Waals surface area (Å²) >= 11 is 5.90. The molecule has 2 heteroatoms. The first-order chi connectivity index (χ1) is 11.2. The molecule has 0 aromatic heterocycles. The van der Waals surface area contributed by atoms with Gasteiger partial charge in [0.25, 0.3) is 0 Å². The first kappa shape index (κ1) is 15.8. The minimum Gasteiger partial charge on any atom is -0.298 e. The van der Waals surface area contributed by atoms with Gasteiger partial charge in [0, 0.05) is 18.1 Å². The Balaban J connectivity index is 1.64. The first-order valence-electron chi connectivity index (χ1n) is 7.80. The van der Waals surface area contributed by atoms with E-state index in [1.807, 2.05) is 24.3 Å². The second-order valence-corrected chi connectivity index (χ2v) is 6.23. The van der Waals surface area contributed by atoms with Crippen LogP contribution in [0.5, 0.6) is 0 Å². The van der Waals surface area contributed by atoms with Gasteiger partial charge < -0.3 is 0 Å². The fourth-order valence-electron chi connectivity index (χ4n) is 2.73. The minimum absolute atomic E-state index is 0.773. The van der Waals surface area contributed by atoms with Crippen LogP contribution in [0.25, 0.3) is 16.8 Å². The molecule has 23 heavy (non-hydrogen) atoms. The maximum absolute atomic E-state index is 5.90. The molecule has 0 spiro atoms. The zero-order valence-corrected chi connectivity index (χ0v) is 14.0. The SMILES string of the molecule is CN(C/C=C/c1ccc(Cl)cc1)Cc1cccc2ccccc12. The van der Waals surface area contributed by atoms with Crippen LogP contribution in [0.1, 0.15) is 11.1 Å². The molecule has 0 unspecified atom stereocenters. The molecule has 0 aliphatic heterocycles. The summed E-state index contributed by atoms with van der Waals surface area (Å²) < 4.78 is 0. The molecule has 0 saturated heterocycles. The lowest BCUT2D eigenvalue weighted by molar-refractivity contribution is 0.365. The Morgan fingerprint density at radius 2 is 1.65 bits per heavy atom. The number of likely N-dealkylation sites (N-methyl/N-ethyl adjacent to an activating group) is 1. The molecule has 0 atom stereocenters. The lowest BCUT2D eigenvalue weighted by Gasteiger charge is -2.16. The summed E-state index contributed by atoms with van der Waals surface area (Å²) in [5.41, 5.74) is 2.54. The summed E-state index contributed by atoms with van der Waals surface area (Å²) in [6, 6.07) is 23.0. The number of hydrogen-bond donors (Lipinski definition) is 0. The number of fused-ring (bicyclic) bond motifs is 1. The summed E-state index contributed by atoms with van der Waals surface area (Å²) in [6.07, 6.45) is 4.32. The van der Waals surface area contributed by atoms with E-state index < -0.39 is 0 Å². The molecule has 0 N–H and O–H groups in total. The molecule has 0 aliphatic rings. The molecule has 0 radical (unpaired) electrons. The second kappa shape index (κ2) is 7.45. The number of rotatable bonds is 5. The van der Waals surface area contributed by atoms with Crippen molar-refractivity contribution in [2.45, 2.75) is 6.54 Å². The number of nitrogens with zero attached hydrogens (tertiary/aromatic N) is 1. The van der Waals surface area contributed by atoms with Gasteiger partial charge in [-0.1, -0.05) is 78.4 Å². The van der Waals surface area contributed by atoms with Crippen molar-refractivity contribution in [1.29, 1.82) is 0 Å². The average molecular weight is 322 g/mol. The van der Waals surface area contributed by atoms with E-state index in [4.69, 9.17) is 11.6 Å². The highest BCUT2D eigenvalue weighted by atomic mass is 35.5. The molecule has 3 aromatic carbocycles. The summed E-state index contributed by atoms with van der Waals surface area (Å²) in [4.78, 5) is 2.31. The highest BCUT2D eigenvalue weighted by Gasteiger charge is 2.03. The molecular weight excluding hydrogens is 302 g/mol. The van der Waals surface area contributed by atoms with Crippen molar-refractivity contribution in [3.05, 3.63) is 89.0 Å². The normalized spacial score (nSPS) is 11.6. The van der Waals surface area contributed by atoms with Gasteiger partial charge in [-0.3, -0.25) is 4.90 Å². The Labute approximate surface area is 142 Å². The Morgan fingerprint density at radius 1 is 0.913 bits per heavy atom. The van der Waals surface area contributed by atoms with Crippen LogP contribution in [-0.4, -0.2) is 18.5 Å². The molecule has 0 saturated carbocycles. The Hall–Kier alpha value is -2.09. The molecule has 0 aliphatic carbocycles. The fourth-order valence-corrected chi connectivity index (χ4v) is 2.85. The zero-order chi connectivity index (χ0) is 16.1. The average Bonchev–Trinajstić information content (AvgIpc) is 2.57. The van der Waals surface area contributed by atoms with Gasteiger partial charge in [-0.15, -0.1) is 0 Å². The number of halogens is 1. The van der Waals surface area contributed by atoms with Crippen LogP contribution in [-0.2, 0) is 6.54 Å². The Kier molecular flexibility index (Phi) is 5.12. The smallest absolute Gasteiger partial charge is 0.0406 e. The van der Waals surface area contributed by atoms with Crippen molar-refractivity contribution >= 4 is 28.4 Å². The zero-order valence-electron chi connectivity index (χ0n) is 13.2. The van der Waals surface area contributed by atoms with Gasteiger partial charge in [0.15, 0.2) is 0 Å². The van der Waals surface area contributed by atoms with E-state index in [0.29, 0.717) is 0 Å². The van der Waals surface area contributed by atoms with E-state index in [9.17, 15) is 0 Å². The van der Waals surface area contributed by atoms with Gasteiger partial charge in [-0.05, 0) is 41.1 Å². The summed E-state index contributed by atoms with van der Waals surface area (Å²) in [5, 5.41) is 3.41. The van der Waals surface area contributed by atoms with Crippen molar-refractivity contribution in [1.82, 2.24) is 4.90 Å². The second-order valence-electron chi connectivity index (χ2n) is 5.79. The van der Waals surface area contributed by atoms with Gasteiger partial charge in [0.05, 0.1) is 0 Å². The Morgan fingerprint density at radius 3 is 2.48 bits per heavy atom. The van der Waals surface area contributed by atoms with Crippen molar-refractivity contribution in [3.63, 3.8) is 0 Å². The van der Waals surface area contributed by atoms with E-state index >= 15 is 0 Å². The third kappa shape index (κ3) is 4.22. The molecule has 0 fully saturated rings. The molecule has 0 bridgehead atoms. The molecule has 116 valence electrons. The highest BCUT2D eigenvalue weighted by Crippen LogP contribution is 2.19. The first-order valence-corrected chi connectivity index (χ1v) is 8.17. The van der Waals surface area contributed by atoms with Crippen LogP contribution in [0, 0.1) is 0 Å². The van der Waals surface area contributed by atoms with E-state index in [1.165, 1.54) is 21.9 Å². The van der Waals surface area contributed by atoms with Crippen molar-refractivity contribution in [3.8, 4) is 0 Å². The Bertz CT molecular complexity index is 800. The predicted octanol–water partition coefficient (Wildman–Crippen LogP) is 5.64. The van der Waals surface area contributed by atoms with Gasteiger partial charge in [0.1, 0.15) is 0 Å². The maximum atomic E-state index is 5.90. The van der Waals surface area contributed by atoms with Gasteiger partial charge in [-0.25, -0.2) is 0 Å². The third-order valence-corrected chi connectivity index (χ3v) is 4.17. The van der Waals surface area contributed by atoms with Crippen LogP contribution in [0.3, 0.4) is 0 Å². The number of benzene rings is 3. The summed E-state index contributed by atoms with van der Waals surface area (Å²) in [7, 11) is 2.15. The van der Waals surface area contributed by atoms with E-state index in [2.05, 4.69) is 66.6 Å². The molecule has 3 rings (SSSR count). The van der Waals surface area contributed by atoms with Crippen LogP contribution >= 0.6 is 11.6 Å².